The fraction of sp³-hybridized carbons (Fsp3) is 0.600. The van der Waals surface area contributed by atoms with E-state index in [-0.39, 0.29) is 0 Å². The van der Waals surface area contributed by atoms with E-state index in [2.05, 4.69) is 29.1 Å². The van der Waals surface area contributed by atoms with E-state index in [1.807, 2.05) is 0 Å². The molecule has 0 spiro atoms. The van der Waals surface area contributed by atoms with Gasteiger partial charge in [0, 0.05) is 19.7 Å². The molecule has 0 fully saturated rings. The standard InChI is InChI=1S/C10H17NOS/c1-9(11-4-5-12-2)7-10-3-6-13-8-10/h3,6,8-9,11H,4-5,7H2,1-2H3. The molecule has 1 N–H and O–H groups in total. The summed E-state index contributed by atoms with van der Waals surface area (Å²) in [6, 6.07) is 2.71. The average Bonchev–Trinajstić information content (AvgIpc) is 2.57. The minimum absolute atomic E-state index is 0.532. The Morgan fingerprint density at radius 3 is 3.08 bits per heavy atom. The van der Waals surface area contributed by atoms with Crippen molar-refractivity contribution in [3.8, 4) is 0 Å². The highest BCUT2D eigenvalue weighted by molar-refractivity contribution is 7.07. The summed E-state index contributed by atoms with van der Waals surface area (Å²) in [5.41, 5.74) is 1.42. The maximum absolute atomic E-state index is 4.97. The summed E-state index contributed by atoms with van der Waals surface area (Å²) in [6.45, 7) is 3.92. The molecule has 2 nitrogen and oxygen atoms in total. The smallest absolute Gasteiger partial charge is 0.0587 e. The topological polar surface area (TPSA) is 21.3 Å². The fourth-order valence-corrected chi connectivity index (χ4v) is 1.92. The summed E-state index contributed by atoms with van der Waals surface area (Å²) in [4.78, 5) is 0. The third kappa shape index (κ3) is 4.41. The number of ether oxygens (including phenoxy) is 1. The Kier molecular flexibility index (Phi) is 5.05. The highest BCUT2D eigenvalue weighted by atomic mass is 32.1. The van der Waals surface area contributed by atoms with Crippen LogP contribution in [0.25, 0.3) is 0 Å². The summed E-state index contributed by atoms with van der Waals surface area (Å²) in [5, 5.41) is 7.73. The minimum Gasteiger partial charge on any atom is -0.383 e. The molecule has 1 aromatic heterocycles. The molecule has 1 unspecified atom stereocenters. The average molecular weight is 199 g/mol. The lowest BCUT2D eigenvalue weighted by Gasteiger charge is -2.12. The molecule has 74 valence electrons. The molecule has 13 heavy (non-hydrogen) atoms. The van der Waals surface area contributed by atoms with E-state index in [1.54, 1.807) is 18.4 Å². The third-order valence-electron chi connectivity index (χ3n) is 1.92. The molecule has 1 atom stereocenters. The molecule has 0 aliphatic heterocycles. The fourth-order valence-electron chi connectivity index (χ4n) is 1.24. The summed E-state index contributed by atoms with van der Waals surface area (Å²) >= 11 is 1.76. The zero-order valence-electron chi connectivity index (χ0n) is 8.25. The molecule has 0 saturated heterocycles. The van der Waals surface area contributed by atoms with E-state index < -0.39 is 0 Å². The van der Waals surface area contributed by atoms with Crippen molar-refractivity contribution in [2.75, 3.05) is 20.3 Å². The van der Waals surface area contributed by atoms with Crippen LogP contribution in [-0.2, 0) is 11.2 Å². The molecule has 1 aromatic rings. The van der Waals surface area contributed by atoms with Gasteiger partial charge in [-0.15, -0.1) is 0 Å². The van der Waals surface area contributed by atoms with Crippen molar-refractivity contribution >= 4 is 11.3 Å². The highest BCUT2D eigenvalue weighted by Gasteiger charge is 2.01. The van der Waals surface area contributed by atoms with Gasteiger partial charge in [0.2, 0.25) is 0 Å². The van der Waals surface area contributed by atoms with Crippen LogP contribution in [0.5, 0.6) is 0 Å². The second-order valence-corrected chi connectivity index (χ2v) is 3.96. The summed E-state index contributed by atoms with van der Waals surface area (Å²) in [5.74, 6) is 0. The molecule has 1 rings (SSSR count). The van der Waals surface area contributed by atoms with Crippen LogP contribution < -0.4 is 5.32 Å². The second kappa shape index (κ2) is 6.13. The Labute approximate surface area is 83.9 Å². The van der Waals surface area contributed by atoms with Gasteiger partial charge in [0.15, 0.2) is 0 Å². The second-order valence-electron chi connectivity index (χ2n) is 3.18. The van der Waals surface area contributed by atoms with Crippen LogP contribution in [0.15, 0.2) is 16.8 Å². The minimum atomic E-state index is 0.532. The van der Waals surface area contributed by atoms with Crippen molar-refractivity contribution in [3.05, 3.63) is 22.4 Å². The predicted molar refractivity (Wildman–Crippen MR) is 57.4 cm³/mol. The van der Waals surface area contributed by atoms with Gasteiger partial charge in [0.25, 0.3) is 0 Å². The Hall–Kier alpha value is -0.380. The summed E-state index contributed by atoms with van der Waals surface area (Å²) in [7, 11) is 1.73. The van der Waals surface area contributed by atoms with E-state index in [1.165, 1.54) is 5.56 Å². The maximum Gasteiger partial charge on any atom is 0.0587 e. The molecule has 3 heteroatoms. The van der Waals surface area contributed by atoms with Gasteiger partial charge in [-0.2, -0.15) is 11.3 Å². The molecular formula is C10H17NOS. The van der Waals surface area contributed by atoms with Crippen molar-refractivity contribution in [3.63, 3.8) is 0 Å². The Balaban J connectivity index is 2.14. The lowest BCUT2D eigenvalue weighted by atomic mass is 10.1. The first-order chi connectivity index (χ1) is 6.33. The van der Waals surface area contributed by atoms with Gasteiger partial charge in [0.05, 0.1) is 6.61 Å². The number of rotatable bonds is 6. The van der Waals surface area contributed by atoms with E-state index in [0.717, 1.165) is 19.6 Å². The van der Waals surface area contributed by atoms with Gasteiger partial charge in [-0.1, -0.05) is 0 Å². The molecule has 0 bridgehead atoms. The Morgan fingerprint density at radius 2 is 2.46 bits per heavy atom. The van der Waals surface area contributed by atoms with Crippen LogP contribution in [0.2, 0.25) is 0 Å². The van der Waals surface area contributed by atoms with E-state index in [0.29, 0.717) is 6.04 Å². The first-order valence-electron chi connectivity index (χ1n) is 4.56. The monoisotopic (exact) mass is 199 g/mol. The molecule has 0 amide bonds. The molecule has 0 aliphatic rings. The van der Waals surface area contributed by atoms with Gasteiger partial charge < -0.3 is 10.1 Å². The molecule has 0 radical (unpaired) electrons. The van der Waals surface area contributed by atoms with Crippen LogP contribution in [0.3, 0.4) is 0 Å². The molecular weight excluding hydrogens is 182 g/mol. The van der Waals surface area contributed by atoms with Crippen molar-refractivity contribution in [2.45, 2.75) is 19.4 Å². The van der Waals surface area contributed by atoms with E-state index in [9.17, 15) is 0 Å². The summed E-state index contributed by atoms with van der Waals surface area (Å²) < 4.78 is 4.97. The van der Waals surface area contributed by atoms with Gasteiger partial charge in [-0.3, -0.25) is 0 Å². The number of hydrogen-bond donors (Lipinski definition) is 1. The van der Waals surface area contributed by atoms with Gasteiger partial charge in [-0.05, 0) is 35.7 Å². The van der Waals surface area contributed by atoms with E-state index >= 15 is 0 Å². The van der Waals surface area contributed by atoms with E-state index in [4.69, 9.17) is 4.74 Å². The Morgan fingerprint density at radius 1 is 1.62 bits per heavy atom. The number of hydrogen-bond acceptors (Lipinski definition) is 3. The number of thiophene rings is 1. The van der Waals surface area contributed by atoms with Crippen molar-refractivity contribution in [2.24, 2.45) is 0 Å². The largest absolute Gasteiger partial charge is 0.383 e. The van der Waals surface area contributed by atoms with Crippen LogP contribution in [0, 0.1) is 0 Å². The first-order valence-corrected chi connectivity index (χ1v) is 5.50. The van der Waals surface area contributed by atoms with Crippen molar-refractivity contribution in [1.29, 1.82) is 0 Å². The van der Waals surface area contributed by atoms with Crippen LogP contribution in [0.1, 0.15) is 12.5 Å². The van der Waals surface area contributed by atoms with Gasteiger partial charge >= 0.3 is 0 Å². The molecule has 0 aromatic carbocycles. The maximum atomic E-state index is 4.97. The predicted octanol–water partition coefficient (Wildman–Crippen LogP) is 1.92. The number of nitrogens with one attached hydrogen (secondary N) is 1. The molecule has 0 saturated carbocycles. The zero-order chi connectivity index (χ0) is 9.52. The Bertz CT molecular complexity index is 211. The normalized spacial score (nSPS) is 13.1. The lowest BCUT2D eigenvalue weighted by Crippen LogP contribution is -2.30. The quantitative estimate of drug-likeness (QED) is 0.707. The first kappa shape index (κ1) is 10.7. The SMILES string of the molecule is COCCNC(C)Cc1ccsc1. The summed E-state index contributed by atoms with van der Waals surface area (Å²) in [6.07, 6.45) is 1.10. The van der Waals surface area contributed by atoms with Crippen LogP contribution in [0.4, 0.5) is 0 Å². The lowest BCUT2D eigenvalue weighted by molar-refractivity contribution is 0.196. The molecule has 0 aliphatic carbocycles. The van der Waals surface area contributed by atoms with Crippen molar-refractivity contribution < 1.29 is 4.74 Å². The highest BCUT2D eigenvalue weighted by Crippen LogP contribution is 2.08. The van der Waals surface area contributed by atoms with Crippen LogP contribution in [-0.4, -0.2) is 26.3 Å². The van der Waals surface area contributed by atoms with Gasteiger partial charge in [-0.25, -0.2) is 0 Å². The third-order valence-corrected chi connectivity index (χ3v) is 2.65. The van der Waals surface area contributed by atoms with Crippen LogP contribution >= 0.6 is 11.3 Å². The molecule has 1 heterocycles. The van der Waals surface area contributed by atoms with Crippen molar-refractivity contribution in [1.82, 2.24) is 5.32 Å². The number of methoxy groups -OCH3 is 1. The zero-order valence-corrected chi connectivity index (χ0v) is 9.06. The van der Waals surface area contributed by atoms with Gasteiger partial charge in [0.1, 0.15) is 0 Å².